The number of ketones is 2. The van der Waals surface area contributed by atoms with Crippen LogP contribution in [0.25, 0.3) is 0 Å². The van der Waals surface area contributed by atoms with Gasteiger partial charge < -0.3 is 18.2 Å². The van der Waals surface area contributed by atoms with Crippen molar-refractivity contribution in [1.82, 2.24) is 0 Å². The number of carbonyl (C=O) groups excluding carboxylic acids is 2. The number of benzene rings is 2. The molecule has 4 rings (SSSR count). The van der Waals surface area contributed by atoms with Crippen LogP contribution in [0.5, 0.6) is 0 Å². The average molecular weight is 439 g/mol. The van der Waals surface area contributed by atoms with Crippen LogP contribution in [-0.2, 0) is 10.1 Å². The Balaban J connectivity index is 0.00000171. The average Bonchev–Trinajstić information content (AvgIpc) is 2.66. The van der Waals surface area contributed by atoms with E-state index >= 15 is 0 Å². The topological polar surface area (TPSA) is 153 Å². The molecule has 1 saturated carbocycles. The predicted octanol–water partition coefficient (Wildman–Crippen LogP) is -0.911. The minimum Gasteiger partial charge on any atom is -1.00 e. The Kier molecular flexibility index (Phi) is 6.43. The predicted molar refractivity (Wildman–Crippen MR) is 109 cm³/mol. The first-order valence-corrected chi connectivity index (χ1v) is 10.8. The fraction of sp³-hybridized carbons (Fsp3) is 0.300. The number of nitrogens with one attached hydrogen (secondary N) is 1. The second-order valence-corrected chi connectivity index (χ2v) is 8.92. The maximum absolute atomic E-state index is 13.2. The zero-order valence-corrected chi connectivity index (χ0v) is 19.3. The van der Waals surface area contributed by atoms with Crippen LogP contribution in [0.4, 0.5) is 11.4 Å². The first-order valence-electron chi connectivity index (χ1n) is 9.33. The quantitative estimate of drug-likeness (QED) is 0.232. The fourth-order valence-corrected chi connectivity index (χ4v) is 4.85. The van der Waals surface area contributed by atoms with Crippen molar-refractivity contribution in [3.63, 3.8) is 0 Å². The standard InChI is InChI=1S/C20H21N3O5S.Na.H/c21-10-4-3-5-11(8-10)23-14-9-15(29(26,27)28)18(22)17-16(14)19(24)12-6-1-2-7-13(12)20(17)25;;/h1-2,6-7,9-11,23H,3-5,8,21-22H2,(H,26,27,28);;/q;+1;-1. The monoisotopic (exact) mass is 439 g/mol. The van der Waals surface area contributed by atoms with Gasteiger partial charge in [-0.1, -0.05) is 24.3 Å². The first-order chi connectivity index (χ1) is 13.7. The Bertz CT molecular complexity index is 1160. The van der Waals surface area contributed by atoms with E-state index < -0.39 is 32.3 Å². The van der Waals surface area contributed by atoms with E-state index in [0.717, 1.165) is 25.3 Å². The Morgan fingerprint density at radius 2 is 1.67 bits per heavy atom. The van der Waals surface area contributed by atoms with E-state index in [1.165, 1.54) is 6.07 Å². The van der Waals surface area contributed by atoms with Crippen molar-refractivity contribution in [3.8, 4) is 0 Å². The van der Waals surface area contributed by atoms with Gasteiger partial charge in [0.1, 0.15) is 4.90 Å². The molecule has 6 N–H and O–H groups in total. The maximum Gasteiger partial charge on any atom is 1.00 e. The SMILES string of the molecule is Nc1c(S(=O)(=O)O)cc(NC2CCCC(N)C2)c2c1C(=O)c1ccccc1C2=O.[H-].[Na+]. The van der Waals surface area contributed by atoms with Gasteiger partial charge >= 0.3 is 29.6 Å². The number of carbonyl (C=O) groups is 2. The summed E-state index contributed by atoms with van der Waals surface area (Å²) in [6.07, 6.45) is 3.20. The minimum atomic E-state index is -4.71. The van der Waals surface area contributed by atoms with Gasteiger partial charge in [0, 0.05) is 28.9 Å². The van der Waals surface area contributed by atoms with Crippen molar-refractivity contribution in [1.29, 1.82) is 0 Å². The van der Waals surface area contributed by atoms with Gasteiger partial charge in [-0.15, -0.1) is 0 Å². The number of hydrogen-bond donors (Lipinski definition) is 4. The van der Waals surface area contributed by atoms with Crippen LogP contribution in [0.1, 0.15) is 59.0 Å². The molecule has 0 amide bonds. The van der Waals surface area contributed by atoms with Gasteiger partial charge in [-0.25, -0.2) is 0 Å². The molecular formula is C20H22N3NaO5S. The largest absolute Gasteiger partial charge is 1.00 e. The summed E-state index contributed by atoms with van der Waals surface area (Å²) in [6.45, 7) is 0. The van der Waals surface area contributed by atoms with Crippen LogP contribution in [0.3, 0.4) is 0 Å². The van der Waals surface area contributed by atoms with Crippen molar-refractivity contribution in [3.05, 3.63) is 52.6 Å². The van der Waals surface area contributed by atoms with E-state index in [1.807, 2.05) is 0 Å². The van der Waals surface area contributed by atoms with Crippen LogP contribution in [-0.4, -0.2) is 36.6 Å². The van der Waals surface area contributed by atoms with Gasteiger partial charge in [-0.3, -0.25) is 14.1 Å². The number of nitrogen functional groups attached to an aromatic ring is 1. The molecule has 0 spiro atoms. The van der Waals surface area contributed by atoms with Gasteiger partial charge in [0.25, 0.3) is 10.1 Å². The molecule has 2 aliphatic carbocycles. The molecule has 0 radical (unpaired) electrons. The molecule has 0 bridgehead atoms. The minimum absolute atomic E-state index is 0. The number of rotatable bonds is 3. The Hall–Kier alpha value is -1.75. The normalized spacial score (nSPS) is 20.7. The third-order valence-electron chi connectivity index (χ3n) is 5.55. The Morgan fingerprint density at radius 3 is 2.23 bits per heavy atom. The molecule has 2 atom stereocenters. The van der Waals surface area contributed by atoms with Crippen LogP contribution < -0.4 is 46.3 Å². The molecule has 154 valence electrons. The summed E-state index contributed by atoms with van der Waals surface area (Å²) < 4.78 is 33.4. The third kappa shape index (κ3) is 3.93. The molecule has 0 aromatic heterocycles. The van der Waals surface area contributed by atoms with Gasteiger partial charge in [0.15, 0.2) is 11.6 Å². The molecule has 30 heavy (non-hydrogen) atoms. The zero-order chi connectivity index (χ0) is 20.9. The van der Waals surface area contributed by atoms with Crippen LogP contribution >= 0.6 is 0 Å². The van der Waals surface area contributed by atoms with E-state index in [-0.39, 0.29) is 71.0 Å². The first kappa shape index (κ1) is 22.9. The number of fused-ring (bicyclic) bond motifs is 2. The summed E-state index contributed by atoms with van der Waals surface area (Å²) in [4.78, 5) is 25.7. The molecule has 0 aliphatic heterocycles. The van der Waals surface area contributed by atoms with Crippen LogP contribution in [0.15, 0.2) is 35.2 Å². The molecule has 2 aromatic rings. The maximum atomic E-state index is 13.2. The summed E-state index contributed by atoms with van der Waals surface area (Å²) in [7, 11) is -4.71. The van der Waals surface area contributed by atoms with E-state index in [0.29, 0.717) is 6.42 Å². The molecule has 2 aliphatic rings. The summed E-state index contributed by atoms with van der Waals surface area (Å²) in [6, 6.07) is 7.32. The Labute approximate surface area is 197 Å². The second kappa shape index (κ2) is 8.41. The van der Waals surface area contributed by atoms with Crippen molar-refractivity contribution in [2.45, 2.75) is 42.7 Å². The summed E-state index contributed by atoms with van der Waals surface area (Å²) >= 11 is 0. The summed E-state index contributed by atoms with van der Waals surface area (Å²) in [5.74, 6) is -0.979. The fourth-order valence-electron chi connectivity index (χ4n) is 4.20. The second-order valence-electron chi connectivity index (χ2n) is 7.53. The Morgan fingerprint density at radius 1 is 1.07 bits per heavy atom. The molecule has 1 fully saturated rings. The van der Waals surface area contributed by atoms with Crippen molar-refractivity contribution < 1.29 is 53.5 Å². The van der Waals surface area contributed by atoms with Gasteiger partial charge in [-0.05, 0) is 31.7 Å². The van der Waals surface area contributed by atoms with Crippen molar-refractivity contribution in [2.24, 2.45) is 5.73 Å². The molecule has 0 saturated heterocycles. The zero-order valence-electron chi connectivity index (χ0n) is 17.5. The van der Waals surface area contributed by atoms with Crippen molar-refractivity contribution >= 4 is 33.1 Å². The summed E-state index contributed by atoms with van der Waals surface area (Å²) in [5, 5.41) is 3.18. The molecule has 10 heteroatoms. The van der Waals surface area contributed by atoms with Gasteiger partial charge in [0.2, 0.25) is 0 Å². The smallest absolute Gasteiger partial charge is 1.00 e. The number of nitrogens with two attached hydrogens (primary N) is 2. The van der Waals surface area contributed by atoms with Crippen molar-refractivity contribution in [2.75, 3.05) is 11.1 Å². The van der Waals surface area contributed by atoms with E-state index in [2.05, 4.69) is 5.32 Å². The molecule has 0 heterocycles. The van der Waals surface area contributed by atoms with E-state index in [1.54, 1.807) is 18.2 Å². The van der Waals surface area contributed by atoms with Gasteiger partial charge in [-0.2, -0.15) is 8.42 Å². The number of anilines is 2. The van der Waals surface area contributed by atoms with E-state index in [4.69, 9.17) is 11.5 Å². The van der Waals surface area contributed by atoms with Crippen LogP contribution in [0, 0.1) is 0 Å². The molecule has 8 nitrogen and oxygen atoms in total. The van der Waals surface area contributed by atoms with Crippen LogP contribution in [0.2, 0.25) is 0 Å². The molecule has 2 aromatic carbocycles. The van der Waals surface area contributed by atoms with Gasteiger partial charge in [0.05, 0.1) is 16.8 Å². The molecule has 2 unspecified atom stereocenters. The summed E-state index contributed by atoms with van der Waals surface area (Å²) in [5.41, 5.74) is 11.9. The number of hydrogen-bond acceptors (Lipinski definition) is 7. The van der Waals surface area contributed by atoms with E-state index in [9.17, 15) is 22.6 Å². The molecular weight excluding hydrogens is 417 g/mol. The third-order valence-corrected chi connectivity index (χ3v) is 6.45.